The number of amides is 1. The Bertz CT molecular complexity index is 261. The normalized spacial score (nSPS) is 20.2. The zero-order valence-electron chi connectivity index (χ0n) is 7.67. The number of carbonyl (C=O) groups excluding carboxylic acids is 1. The SMILES string of the molecule is CC1=CN(C(=O)C(Cl)Cl)C(C)(C)O1. The number of allylic oxidation sites excluding steroid dienone is 1. The molecule has 0 fully saturated rings. The summed E-state index contributed by atoms with van der Waals surface area (Å²) in [6.45, 7) is 5.31. The Balaban J connectivity index is 2.85. The summed E-state index contributed by atoms with van der Waals surface area (Å²) in [6.07, 6.45) is 1.60. The van der Waals surface area contributed by atoms with Crippen LogP contribution < -0.4 is 0 Å². The molecule has 0 unspecified atom stereocenters. The second-order valence-electron chi connectivity index (χ2n) is 3.30. The summed E-state index contributed by atoms with van der Waals surface area (Å²) < 4.78 is 5.38. The van der Waals surface area contributed by atoms with Crippen molar-refractivity contribution in [2.75, 3.05) is 0 Å². The molecule has 0 atom stereocenters. The van der Waals surface area contributed by atoms with Crippen molar-refractivity contribution < 1.29 is 9.53 Å². The van der Waals surface area contributed by atoms with Gasteiger partial charge < -0.3 is 4.74 Å². The monoisotopic (exact) mass is 223 g/mol. The molecular weight excluding hydrogens is 213 g/mol. The first kappa shape index (κ1) is 10.7. The zero-order chi connectivity index (χ0) is 10.2. The van der Waals surface area contributed by atoms with Gasteiger partial charge in [-0.3, -0.25) is 9.69 Å². The van der Waals surface area contributed by atoms with Gasteiger partial charge in [0.25, 0.3) is 5.91 Å². The van der Waals surface area contributed by atoms with Crippen molar-refractivity contribution in [1.29, 1.82) is 0 Å². The fourth-order valence-electron chi connectivity index (χ4n) is 1.24. The van der Waals surface area contributed by atoms with Crippen LogP contribution >= 0.6 is 23.2 Å². The standard InChI is InChI=1S/C8H11Cl2NO2/c1-5-4-11(7(12)6(9)10)8(2,3)13-5/h4,6H,1-3H3. The molecule has 1 amide bonds. The summed E-state index contributed by atoms with van der Waals surface area (Å²) in [4.78, 5) is 11.8. The van der Waals surface area contributed by atoms with Gasteiger partial charge in [-0.25, -0.2) is 0 Å². The number of halogens is 2. The highest BCUT2D eigenvalue weighted by molar-refractivity contribution is 6.53. The highest BCUT2D eigenvalue weighted by Gasteiger charge is 2.38. The minimum absolute atomic E-state index is 0.370. The van der Waals surface area contributed by atoms with E-state index < -0.39 is 10.6 Å². The van der Waals surface area contributed by atoms with Crippen LogP contribution in [0.1, 0.15) is 20.8 Å². The van der Waals surface area contributed by atoms with Gasteiger partial charge >= 0.3 is 0 Å². The van der Waals surface area contributed by atoms with Crippen molar-refractivity contribution in [3.63, 3.8) is 0 Å². The average Bonchev–Trinajstić information content (AvgIpc) is 2.22. The molecule has 1 heterocycles. The van der Waals surface area contributed by atoms with E-state index in [1.54, 1.807) is 27.0 Å². The summed E-state index contributed by atoms with van der Waals surface area (Å²) in [5.41, 5.74) is -0.691. The van der Waals surface area contributed by atoms with Gasteiger partial charge in [0.15, 0.2) is 10.6 Å². The Morgan fingerprint density at radius 1 is 1.62 bits per heavy atom. The molecule has 3 nitrogen and oxygen atoms in total. The van der Waals surface area contributed by atoms with E-state index in [-0.39, 0.29) is 5.91 Å². The maximum absolute atomic E-state index is 11.4. The van der Waals surface area contributed by atoms with Crippen LogP contribution in [0.3, 0.4) is 0 Å². The van der Waals surface area contributed by atoms with E-state index in [0.29, 0.717) is 5.76 Å². The number of hydrogen-bond acceptors (Lipinski definition) is 2. The van der Waals surface area contributed by atoms with Crippen LogP contribution in [-0.4, -0.2) is 21.4 Å². The number of ether oxygens (including phenoxy) is 1. The second-order valence-corrected chi connectivity index (χ2v) is 4.39. The molecule has 0 aromatic rings. The molecule has 5 heteroatoms. The van der Waals surface area contributed by atoms with Crippen LogP contribution in [0.25, 0.3) is 0 Å². The second kappa shape index (κ2) is 3.39. The molecule has 0 bridgehead atoms. The lowest BCUT2D eigenvalue weighted by atomic mass is 10.3. The first-order valence-electron chi connectivity index (χ1n) is 3.83. The van der Waals surface area contributed by atoms with Gasteiger partial charge in [0.1, 0.15) is 5.76 Å². The van der Waals surface area contributed by atoms with Crippen LogP contribution in [0.4, 0.5) is 0 Å². The summed E-state index contributed by atoms with van der Waals surface area (Å²) in [5.74, 6) is 0.303. The van der Waals surface area contributed by atoms with Gasteiger partial charge in [0.2, 0.25) is 0 Å². The molecule has 0 N–H and O–H groups in total. The Morgan fingerprint density at radius 2 is 2.15 bits per heavy atom. The van der Waals surface area contributed by atoms with Crippen molar-refractivity contribution in [1.82, 2.24) is 4.90 Å². The summed E-state index contributed by atoms with van der Waals surface area (Å²) >= 11 is 10.9. The van der Waals surface area contributed by atoms with E-state index >= 15 is 0 Å². The number of nitrogens with zero attached hydrogens (tertiary/aromatic N) is 1. The third-order valence-electron chi connectivity index (χ3n) is 1.73. The molecule has 13 heavy (non-hydrogen) atoms. The quantitative estimate of drug-likeness (QED) is 0.639. The largest absolute Gasteiger partial charge is 0.471 e. The van der Waals surface area contributed by atoms with Crippen molar-refractivity contribution >= 4 is 29.1 Å². The lowest BCUT2D eigenvalue weighted by molar-refractivity contribution is -0.140. The van der Waals surface area contributed by atoms with Crippen molar-refractivity contribution in [3.05, 3.63) is 12.0 Å². The highest BCUT2D eigenvalue weighted by atomic mass is 35.5. The lowest BCUT2D eigenvalue weighted by Gasteiger charge is -2.29. The van der Waals surface area contributed by atoms with Crippen molar-refractivity contribution in [2.24, 2.45) is 0 Å². The topological polar surface area (TPSA) is 29.5 Å². The fraction of sp³-hybridized carbons (Fsp3) is 0.625. The van der Waals surface area contributed by atoms with E-state index in [0.717, 1.165) is 0 Å². The fourth-order valence-corrected chi connectivity index (χ4v) is 1.45. The number of carbonyl (C=O) groups is 1. The molecule has 0 aromatic heterocycles. The molecule has 0 saturated carbocycles. The summed E-state index contributed by atoms with van der Waals surface area (Å²) in [7, 11) is 0. The third kappa shape index (κ3) is 2.09. The lowest BCUT2D eigenvalue weighted by Crippen LogP contribution is -2.44. The molecule has 0 aliphatic carbocycles. The maximum Gasteiger partial charge on any atom is 0.263 e. The third-order valence-corrected chi connectivity index (χ3v) is 2.10. The van der Waals surface area contributed by atoms with Crippen molar-refractivity contribution in [3.8, 4) is 0 Å². The van der Waals surface area contributed by atoms with Gasteiger partial charge in [0, 0.05) is 6.20 Å². The summed E-state index contributed by atoms with van der Waals surface area (Å²) in [5, 5.41) is 0. The Kier molecular flexibility index (Phi) is 2.78. The highest BCUT2D eigenvalue weighted by Crippen LogP contribution is 2.29. The molecule has 0 radical (unpaired) electrons. The minimum atomic E-state index is -1.05. The first-order chi connectivity index (χ1) is 5.84. The van der Waals surface area contributed by atoms with Crippen molar-refractivity contribution in [2.45, 2.75) is 31.3 Å². The maximum atomic E-state index is 11.4. The molecule has 0 aromatic carbocycles. The zero-order valence-corrected chi connectivity index (χ0v) is 9.19. The van der Waals surface area contributed by atoms with Gasteiger partial charge in [-0.2, -0.15) is 0 Å². The Morgan fingerprint density at radius 3 is 2.46 bits per heavy atom. The predicted octanol–water partition coefficient (Wildman–Crippen LogP) is 2.25. The van der Waals surface area contributed by atoms with Crippen LogP contribution in [-0.2, 0) is 9.53 Å². The van der Waals surface area contributed by atoms with E-state index in [9.17, 15) is 4.79 Å². The Hall–Kier alpha value is -0.410. The number of alkyl halides is 2. The van der Waals surface area contributed by atoms with E-state index in [1.165, 1.54) is 4.90 Å². The molecule has 1 aliphatic rings. The predicted molar refractivity (Wildman–Crippen MR) is 51.3 cm³/mol. The first-order valence-corrected chi connectivity index (χ1v) is 4.70. The molecule has 74 valence electrons. The molecule has 0 spiro atoms. The van der Waals surface area contributed by atoms with E-state index in [2.05, 4.69) is 0 Å². The van der Waals surface area contributed by atoms with E-state index in [4.69, 9.17) is 27.9 Å². The molecular formula is C8H11Cl2NO2. The molecule has 0 saturated heterocycles. The smallest absolute Gasteiger partial charge is 0.263 e. The van der Waals surface area contributed by atoms with Crippen LogP contribution in [0.5, 0.6) is 0 Å². The van der Waals surface area contributed by atoms with Gasteiger partial charge in [0.05, 0.1) is 0 Å². The number of hydrogen-bond donors (Lipinski definition) is 0. The number of rotatable bonds is 1. The Labute approximate surface area is 87.2 Å². The van der Waals surface area contributed by atoms with E-state index in [1.807, 2.05) is 0 Å². The minimum Gasteiger partial charge on any atom is -0.471 e. The van der Waals surface area contributed by atoms with Gasteiger partial charge in [-0.1, -0.05) is 23.2 Å². The van der Waals surface area contributed by atoms with Crippen LogP contribution in [0.15, 0.2) is 12.0 Å². The average molecular weight is 224 g/mol. The van der Waals surface area contributed by atoms with Gasteiger partial charge in [-0.15, -0.1) is 0 Å². The van der Waals surface area contributed by atoms with Crippen LogP contribution in [0, 0.1) is 0 Å². The molecule has 1 rings (SSSR count). The van der Waals surface area contributed by atoms with Crippen LogP contribution in [0.2, 0.25) is 0 Å². The van der Waals surface area contributed by atoms with Gasteiger partial charge in [-0.05, 0) is 20.8 Å². The molecule has 1 aliphatic heterocycles. The summed E-state index contributed by atoms with van der Waals surface area (Å²) in [6, 6.07) is 0.